The van der Waals surface area contributed by atoms with Gasteiger partial charge < -0.3 is 0 Å². The van der Waals surface area contributed by atoms with E-state index in [0.29, 0.717) is 16.4 Å². The van der Waals surface area contributed by atoms with Crippen LogP contribution in [-0.2, 0) is 4.79 Å². The van der Waals surface area contributed by atoms with Gasteiger partial charge in [0.25, 0.3) is 0 Å². The Morgan fingerprint density at radius 1 is 1.50 bits per heavy atom. The van der Waals surface area contributed by atoms with E-state index in [-0.39, 0.29) is 0 Å². The highest BCUT2D eigenvalue weighted by molar-refractivity contribution is 6.32. The molecule has 0 saturated carbocycles. The van der Waals surface area contributed by atoms with Crippen LogP contribution in [-0.4, -0.2) is 15.9 Å². The Morgan fingerprint density at radius 3 is 2.94 bits per heavy atom. The van der Waals surface area contributed by atoms with Crippen molar-refractivity contribution in [1.82, 2.24) is 9.78 Å². The number of aromatic nitrogens is 2. The maximum absolute atomic E-state index is 10.3. The second-order valence-electron chi connectivity index (χ2n) is 3.27. The number of rotatable bonds is 2. The molecule has 0 aliphatic carbocycles. The normalized spacial score (nSPS) is 9.88. The summed E-state index contributed by atoms with van der Waals surface area (Å²) in [4.78, 5) is 13.9. The van der Waals surface area contributed by atoms with E-state index in [9.17, 15) is 4.79 Å². The van der Waals surface area contributed by atoms with Crippen LogP contribution >= 0.6 is 11.6 Å². The van der Waals surface area contributed by atoms with Gasteiger partial charge in [0.15, 0.2) is 0 Å². The van der Waals surface area contributed by atoms with Gasteiger partial charge in [-0.25, -0.2) is 9.48 Å². The van der Waals surface area contributed by atoms with Gasteiger partial charge in [-0.2, -0.15) is 10.1 Å². The van der Waals surface area contributed by atoms with E-state index in [0.717, 1.165) is 5.56 Å². The smallest absolute Gasteiger partial charge is 0.237 e. The van der Waals surface area contributed by atoms with Gasteiger partial charge in [0.2, 0.25) is 6.08 Å². The molecule has 1 heterocycles. The van der Waals surface area contributed by atoms with Crippen molar-refractivity contribution in [3.05, 3.63) is 41.2 Å². The van der Waals surface area contributed by atoms with E-state index < -0.39 is 0 Å². The highest BCUT2D eigenvalue weighted by Crippen LogP contribution is 2.29. The van der Waals surface area contributed by atoms with Crippen LogP contribution in [0.15, 0.2) is 35.6 Å². The van der Waals surface area contributed by atoms with Crippen LogP contribution in [0.3, 0.4) is 0 Å². The third-order valence-corrected chi connectivity index (χ3v) is 2.38. The number of aliphatic imine (C=N–C) groups is 1. The fraction of sp³-hybridized carbons (Fsp3) is 0.0909. The van der Waals surface area contributed by atoms with Gasteiger partial charge in [0.05, 0.1) is 11.2 Å². The van der Waals surface area contributed by atoms with Gasteiger partial charge in [0.1, 0.15) is 11.4 Å². The Kier molecular flexibility index (Phi) is 2.86. The first-order valence-corrected chi connectivity index (χ1v) is 4.98. The molecule has 4 nitrogen and oxygen atoms in total. The van der Waals surface area contributed by atoms with Gasteiger partial charge in [-0.3, -0.25) is 0 Å². The molecule has 16 heavy (non-hydrogen) atoms. The van der Waals surface area contributed by atoms with Gasteiger partial charge in [-0.05, 0) is 24.6 Å². The average Bonchev–Trinajstić information content (AvgIpc) is 2.65. The summed E-state index contributed by atoms with van der Waals surface area (Å²) >= 11 is 6.06. The number of isocyanates is 1. The van der Waals surface area contributed by atoms with Crippen molar-refractivity contribution in [2.45, 2.75) is 6.92 Å². The van der Waals surface area contributed by atoms with Gasteiger partial charge in [0, 0.05) is 6.20 Å². The molecule has 0 unspecified atom stereocenters. The van der Waals surface area contributed by atoms with Crippen molar-refractivity contribution in [1.29, 1.82) is 0 Å². The summed E-state index contributed by atoms with van der Waals surface area (Å²) in [6.45, 7) is 1.92. The standard InChI is InChI=1S/C11H8ClN3O/c1-8-5-14-15(6-8)11-9(12)3-2-4-10(11)13-7-16/h2-6H,1H3. The van der Waals surface area contributed by atoms with Gasteiger partial charge in [-0.15, -0.1) is 0 Å². The van der Waals surface area contributed by atoms with Gasteiger partial charge >= 0.3 is 0 Å². The summed E-state index contributed by atoms with van der Waals surface area (Å²) < 4.78 is 1.59. The van der Waals surface area contributed by atoms with Crippen LogP contribution in [0.25, 0.3) is 5.69 Å². The topological polar surface area (TPSA) is 47.2 Å². The summed E-state index contributed by atoms with van der Waals surface area (Å²) in [6, 6.07) is 5.12. The molecular weight excluding hydrogens is 226 g/mol. The molecule has 0 N–H and O–H groups in total. The Hall–Kier alpha value is -1.90. The van der Waals surface area contributed by atoms with Crippen molar-refractivity contribution in [3.63, 3.8) is 0 Å². The molecule has 0 amide bonds. The largest absolute Gasteiger partial charge is 0.240 e. The maximum atomic E-state index is 10.3. The summed E-state index contributed by atoms with van der Waals surface area (Å²) in [5, 5.41) is 4.62. The molecule has 2 rings (SSSR count). The van der Waals surface area contributed by atoms with Crippen LogP contribution in [0.1, 0.15) is 5.56 Å². The lowest BCUT2D eigenvalue weighted by atomic mass is 10.2. The highest BCUT2D eigenvalue weighted by Gasteiger charge is 2.09. The molecule has 0 spiro atoms. The van der Waals surface area contributed by atoms with Crippen molar-refractivity contribution in [3.8, 4) is 5.69 Å². The second kappa shape index (κ2) is 4.31. The van der Waals surface area contributed by atoms with E-state index in [1.807, 2.05) is 13.1 Å². The summed E-state index contributed by atoms with van der Waals surface area (Å²) in [7, 11) is 0. The molecule has 0 fully saturated rings. The van der Waals surface area contributed by atoms with E-state index in [4.69, 9.17) is 11.6 Å². The van der Waals surface area contributed by atoms with E-state index in [1.165, 1.54) is 6.08 Å². The molecular formula is C11H8ClN3O. The number of benzene rings is 1. The molecule has 80 valence electrons. The lowest BCUT2D eigenvalue weighted by Crippen LogP contribution is -1.95. The van der Waals surface area contributed by atoms with E-state index >= 15 is 0 Å². The zero-order valence-corrected chi connectivity index (χ0v) is 9.27. The highest BCUT2D eigenvalue weighted by atomic mass is 35.5. The van der Waals surface area contributed by atoms with Gasteiger partial charge in [-0.1, -0.05) is 17.7 Å². The first-order chi connectivity index (χ1) is 7.72. The molecule has 0 bridgehead atoms. The number of halogens is 1. The average molecular weight is 234 g/mol. The molecule has 0 atom stereocenters. The molecule has 0 aliphatic heterocycles. The van der Waals surface area contributed by atoms with Crippen LogP contribution in [0.4, 0.5) is 5.69 Å². The molecule has 2 aromatic rings. The maximum Gasteiger partial charge on any atom is 0.240 e. The Balaban J connectivity index is 2.66. The fourth-order valence-electron chi connectivity index (χ4n) is 1.41. The number of aryl methyl sites for hydroxylation is 1. The third kappa shape index (κ3) is 1.89. The third-order valence-electron chi connectivity index (χ3n) is 2.07. The molecule has 1 aromatic heterocycles. The Morgan fingerprint density at radius 2 is 2.31 bits per heavy atom. The summed E-state index contributed by atoms with van der Waals surface area (Å²) in [5.41, 5.74) is 2.03. The van der Waals surface area contributed by atoms with Crippen molar-refractivity contribution < 1.29 is 4.79 Å². The van der Waals surface area contributed by atoms with Crippen molar-refractivity contribution >= 4 is 23.4 Å². The second-order valence-corrected chi connectivity index (χ2v) is 3.68. The van der Waals surface area contributed by atoms with Crippen molar-refractivity contribution in [2.24, 2.45) is 4.99 Å². The number of hydrogen-bond acceptors (Lipinski definition) is 3. The summed E-state index contributed by atoms with van der Waals surface area (Å²) in [5.74, 6) is 0. The zero-order valence-electron chi connectivity index (χ0n) is 8.51. The lowest BCUT2D eigenvalue weighted by Gasteiger charge is -2.06. The van der Waals surface area contributed by atoms with Crippen LogP contribution in [0, 0.1) is 6.92 Å². The summed E-state index contributed by atoms with van der Waals surface area (Å²) in [6.07, 6.45) is 5.02. The Bertz CT molecular complexity index is 570. The van der Waals surface area contributed by atoms with Crippen LogP contribution < -0.4 is 0 Å². The molecule has 5 heteroatoms. The first-order valence-electron chi connectivity index (χ1n) is 4.60. The predicted octanol–water partition coefficient (Wildman–Crippen LogP) is 2.80. The van der Waals surface area contributed by atoms with E-state index in [1.54, 1.807) is 29.1 Å². The van der Waals surface area contributed by atoms with Crippen LogP contribution in [0.2, 0.25) is 5.02 Å². The number of nitrogens with zero attached hydrogens (tertiary/aromatic N) is 3. The minimum absolute atomic E-state index is 0.450. The zero-order chi connectivity index (χ0) is 11.5. The monoisotopic (exact) mass is 233 g/mol. The number of para-hydroxylation sites is 1. The van der Waals surface area contributed by atoms with Crippen LogP contribution in [0.5, 0.6) is 0 Å². The predicted molar refractivity (Wildman–Crippen MR) is 61.1 cm³/mol. The lowest BCUT2D eigenvalue weighted by molar-refractivity contribution is 0.565. The minimum atomic E-state index is 0.450. The molecule has 0 saturated heterocycles. The van der Waals surface area contributed by atoms with E-state index in [2.05, 4.69) is 10.1 Å². The Labute approximate surface area is 97.2 Å². The van der Waals surface area contributed by atoms with Crippen molar-refractivity contribution in [2.75, 3.05) is 0 Å². The number of hydrogen-bond donors (Lipinski definition) is 0. The first kappa shape index (κ1) is 10.6. The fourth-order valence-corrected chi connectivity index (χ4v) is 1.66. The molecule has 0 aliphatic rings. The SMILES string of the molecule is Cc1cnn(-c2c(Cl)cccc2N=C=O)c1. The quantitative estimate of drug-likeness (QED) is 0.592. The number of carbonyl (C=O) groups excluding carboxylic acids is 1. The minimum Gasteiger partial charge on any atom is -0.237 e. The molecule has 1 aromatic carbocycles. The molecule has 0 radical (unpaired) electrons.